The Bertz CT molecular complexity index is 611. The number of aliphatic imine (C=N–C) groups is 1. The highest BCUT2D eigenvalue weighted by Crippen LogP contribution is 2.31. The van der Waals surface area contributed by atoms with Gasteiger partial charge in [0.25, 0.3) is 5.91 Å². The van der Waals surface area contributed by atoms with Gasteiger partial charge in [-0.05, 0) is 32.8 Å². The molecule has 7 nitrogen and oxygen atoms in total. The number of hydrogen-bond acceptors (Lipinski definition) is 6. The second-order valence-electron chi connectivity index (χ2n) is 6.25. The Hall–Kier alpha value is -2.18. The number of amides is 1. The van der Waals surface area contributed by atoms with Crippen LogP contribution in [0.5, 0.6) is 0 Å². The number of nitrogens with zero attached hydrogens (tertiary/aromatic N) is 5. The quantitative estimate of drug-likeness (QED) is 0.817. The van der Waals surface area contributed by atoms with Crippen molar-refractivity contribution in [2.45, 2.75) is 32.2 Å². The van der Waals surface area contributed by atoms with Gasteiger partial charge in [0.2, 0.25) is 11.9 Å². The zero-order chi connectivity index (χ0) is 15.9. The first-order valence-electron chi connectivity index (χ1n) is 7.55. The van der Waals surface area contributed by atoms with E-state index in [4.69, 9.17) is 0 Å². The van der Waals surface area contributed by atoms with Crippen molar-refractivity contribution >= 4 is 17.8 Å². The lowest BCUT2D eigenvalue weighted by atomic mass is 9.88. The Labute approximate surface area is 130 Å². The molecular formula is C15H22N6O. The van der Waals surface area contributed by atoms with E-state index >= 15 is 0 Å². The van der Waals surface area contributed by atoms with Crippen molar-refractivity contribution in [2.75, 3.05) is 32.1 Å². The predicted octanol–water partition coefficient (Wildman–Crippen LogP) is 0.480. The second kappa shape index (κ2) is 5.23. The van der Waals surface area contributed by atoms with Crippen LogP contribution < -0.4 is 10.2 Å². The van der Waals surface area contributed by atoms with Crippen molar-refractivity contribution in [1.29, 1.82) is 0 Å². The highest BCUT2D eigenvalue weighted by Gasteiger charge is 2.46. The molecule has 0 atom stereocenters. The first-order chi connectivity index (χ1) is 10.4. The third kappa shape index (κ3) is 2.51. The monoisotopic (exact) mass is 302 g/mol. The summed E-state index contributed by atoms with van der Waals surface area (Å²) in [4.78, 5) is 29.9. The zero-order valence-electron chi connectivity index (χ0n) is 13.6. The number of anilines is 1. The summed E-state index contributed by atoms with van der Waals surface area (Å²) >= 11 is 0. The summed E-state index contributed by atoms with van der Waals surface area (Å²) in [5, 5.41) is 2.87. The number of rotatable bonds is 1. The van der Waals surface area contributed by atoms with E-state index < -0.39 is 5.54 Å². The van der Waals surface area contributed by atoms with Gasteiger partial charge in [0.15, 0.2) is 0 Å². The summed E-state index contributed by atoms with van der Waals surface area (Å²) in [7, 11) is 3.77. The van der Waals surface area contributed by atoms with Crippen LogP contribution in [0.1, 0.15) is 24.2 Å². The zero-order valence-corrected chi connectivity index (χ0v) is 13.6. The minimum atomic E-state index is -0.616. The van der Waals surface area contributed by atoms with E-state index in [1.807, 2.05) is 38.9 Å². The van der Waals surface area contributed by atoms with Crippen molar-refractivity contribution < 1.29 is 4.79 Å². The summed E-state index contributed by atoms with van der Waals surface area (Å²) in [6, 6.07) is 1.97. The van der Waals surface area contributed by atoms with Crippen LogP contribution in [0.4, 0.5) is 5.95 Å². The van der Waals surface area contributed by atoms with Crippen LogP contribution in [-0.2, 0) is 4.79 Å². The Morgan fingerprint density at radius 1 is 1.18 bits per heavy atom. The van der Waals surface area contributed by atoms with Gasteiger partial charge in [-0.15, -0.1) is 0 Å². The number of carbonyl (C=O) groups is 1. The molecule has 2 aliphatic heterocycles. The number of carbonyl (C=O) groups excluding carboxylic acids is 1. The Morgan fingerprint density at radius 3 is 2.27 bits per heavy atom. The molecule has 1 aromatic heterocycles. The molecule has 1 saturated heterocycles. The van der Waals surface area contributed by atoms with Crippen LogP contribution in [0.2, 0.25) is 0 Å². The van der Waals surface area contributed by atoms with E-state index in [1.165, 1.54) is 0 Å². The van der Waals surface area contributed by atoms with E-state index in [0.717, 1.165) is 30.4 Å². The van der Waals surface area contributed by atoms with Crippen molar-refractivity contribution in [2.24, 2.45) is 4.99 Å². The summed E-state index contributed by atoms with van der Waals surface area (Å²) in [6.07, 6.45) is 1.37. The third-order valence-electron chi connectivity index (χ3n) is 4.24. The van der Waals surface area contributed by atoms with Crippen LogP contribution in [0.25, 0.3) is 0 Å². The van der Waals surface area contributed by atoms with E-state index in [2.05, 4.69) is 25.2 Å². The average Bonchev–Trinajstić information content (AvgIpc) is 2.76. The van der Waals surface area contributed by atoms with Crippen molar-refractivity contribution in [3.05, 3.63) is 17.5 Å². The van der Waals surface area contributed by atoms with Gasteiger partial charge >= 0.3 is 0 Å². The summed E-state index contributed by atoms with van der Waals surface area (Å²) in [6.45, 7) is 5.42. The summed E-state index contributed by atoms with van der Waals surface area (Å²) in [5.41, 5.74) is 1.32. The SMILES string of the molecule is Cc1cc(C)nc(N2CCC3(CC2)N=C(N(C)C)NC3=O)n1. The molecule has 118 valence electrons. The van der Waals surface area contributed by atoms with Crippen molar-refractivity contribution in [3.63, 3.8) is 0 Å². The van der Waals surface area contributed by atoms with Gasteiger partial charge in [0, 0.05) is 38.6 Å². The van der Waals surface area contributed by atoms with Crippen molar-refractivity contribution in [1.82, 2.24) is 20.2 Å². The predicted molar refractivity (Wildman–Crippen MR) is 84.9 cm³/mol. The molecule has 2 aliphatic rings. The van der Waals surface area contributed by atoms with Gasteiger partial charge in [-0.3, -0.25) is 10.1 Å². The maximum absolute atomic E-state index is 12.3. The van der Waals surface area contributed by atoms with E-state index in [0.29, 0.717) is 18.8 Å². The molecule has 1 spiro atoms. The fraction of sp³-hybridized carbons (Fsp3) is 0.600. The molecule has 0 saturated carbocycles. The number of piperidine rings is 1. The molecule has 3 heterocycles. The normalized spacial score (nSPS) is 20.1. The first-order valence-corrected chi connectivity index (χ1v) is 7.55. The minimum Gasteiger partial charge on any atom is -0.349 e. The molecule has 1 N–H and O–H groups in total. The lowest BCUT2D eigenvalue weighted by Crippen LogP contribution is -2.49. The molecule has 0 aliphatic carbocycles. The van der Waals surface area contributed by atoms with Crippen LogP contribution in [0.15, 0.2) is 11.1 Å². The minimum absolute atomic E-state index is 0.0113. The van der Waals surface area contributed by atoms with Gasteiger partial charge < -0.3 is 9.80 Å². The van der Waals surface area contributed by atoms with Crippen LogP contribution in [0, 0.1) is 13.8 Å². The lowest BCUT2D eigenvalue weighted by molar-refractivity contribution is -0.124. The van der Waals surface area contributed by atoms with E-state index in [9.17, 15) is 4.79 Å². The molecule has 1 aromatic rings. The van der Waals surface area contributed by atoms with Gasteiger partial charge in [0.05, 0.1) is 0 Å². The topological polar surface area (TPSA) is 73.7 Å². The molecule has 0 aromatic carbocycles. The number of hydrogen-bond donors (Lipinski definition) is 1. The highest BCUT2D eigenvalue weighted by molar-refractivity contribution is 6.07. The maximum Gasteiger partial charge on any atom is 0.254 e. The molecule has 1 fully saturated rings. The van der Waals surface area contributed by atoms with Gasteiger partial charge in [-0.1, -0.05) is 0 Å². The number of guanidine groups is 1. The van der Waals surface area contributed by atoms with Gasteiger partial charge in [-0.25, -0.2) is 15.0 Å². The number of nitrogens with one attached hydrogen (secondary N) is 1. The van der Waals surface area contributed by atoms with Crippen LogP contribution in [0.3, 0.4) is 0 Å². The fourth-order valence-electron chi connectivity index (χ4n) is 2.98. The fourth-order valence-corrected chi connectivity index (χ4v) is 2.98. The van der Waals surface area contributed by atoms with Gasteiger partial charge in [0.1, 0.15) is 5.54 Å². The Kier molecular flexibility index (Phi) is 3.50. The molecule has 22 heavy (non-hydrogen) atoms. The summed E-state index contributed by atoms with van der Waals surface area (Å²) in [5.74, 6) is 1.42. The molecule has 1 amide bonds. The largest absolute Gasteiger partial charge is 0.349 e. The Balaban J connectivity index is 1.76. The number of aromatic nitrogens is 2. The number of aryl methyl sites for hydroxylation is 2. The maximum atomic E-state index is 12.3. The molecule has 0 unspecified atom stereocenters. The van der Waals surface area contributed by atoms with E-state index in [-0.39, 0.29) is 5.91 Å². The molecule has 0 bridgehead atoms. The van der Waals surface area contributed by atoms with Crippen molar-refractivity contribution in [3.8, 4) is 0 Å². The molecule has 3 rings (SSSR count). The summed E-state index contributed by atoms with van der Waals surface area (Å²) < 4.78 is 0. The van der Waals surface area contributed by atoms with Crippen LogP contribution in [-0.4, -0.2) is 59.5 Å². The molecule has 0 radical (unpaired) electrons. The first kappa shape index (κ1) is 14.7. The molecule has 7 heteroatoms. The Morgan fingerprint density at radius 2 is 1.77 bits per heavy atom. The van der Waals surface area contributed by atoms with E-state index in [1.54, 1.807) is 0 Å². The third-order valence-corrected chi connectivity index (χ3v) is 4.24. The average molecular weight is 302 g/mol. The standard InChI is InChI=1S/C15H22N6O/c1-10-9-11(2)17-13(16-10)21-7-5-15(6-8-21)12(22)18-14(19-15)20(3)4/h9H,5-8H2,1-4H3,(H,18,19,22). The second-order valence-corrected chi connectivity index (χ2v) is 6.25. The van der Waals surface area contributed by atoms with Crippen LogP contribution >= 0.6 is 0 Å². The smallest absolute Gasteiger partial charge is 0.254 e. The lowest BCUT2D eigenvalue weighted by Gasteiger charge is -2.35. The molecular weight excluding hydrogens is 280 g/mol. The highest BCUT2D eigenvalue weighted by atomic mass is 16.2. The van der Waals surface area contributed by atoms with Gasteiger partial charge in [-0.2, -0.15) is 0 Å².